The number of carbonyl (C=O) groups is 1. The van der Waals surface area contributed by atoms with Crippen LogP contribution in [0, 0.1) is 0 Å². The van der Waals surface area contributed by atoms with E-state index >= 15 is 0 Å². The zero-order chi connectivity index (χ0) is 24.5. The molecule has 6 nitrogen and oxygen atoms in total. The first kappa shape index (κ1) is 24.8. The standard InChI is InChI=1S/C28H32N4O2S/c1-3-5-16-32(15-4-2)17-18-34-26-12-7-6-10-22(26)23-14-13-21-9-8-11-24(27(21)30-23)31-28(33)25-19-35-20-29-25/h6-14,19-20H,3-5,15-18H2,1-2H3,(H,31,33). The molecule has 0 bridgehead atoms. The number of unbranched alkanes of at least 4 members (excludes halogenated alkanes) is 1. The molecule has 0 aliphatic carbocycles. The number of nitrogens with one attached hydrogen (secondary N) is 1. The lowest BCUT2D eigenvalue weighted by Crippen LogP contribution is -2.30. The van der Waals surface area contributed by atoms with Crippen molar-refractivity contribution in [3.8, 4) is 17.0 Å². The second-order valence-electron chi connectivity index (χ2n) is 8.44. The summed E-state index contributed by atoms with van der Waals surface area (Å²) in [7, 11) is 0. The molecule has 1 N–H and O–H groups in total. The summed E-state index contributed by atoms with van der Waals surface area (Å²) in [5.41, 5.74) is 5.18. The average molecular weight is 489 g/mol. The number of ether oxygens (including phenoxy) is 1. The summed E-state index contributed by atoms with van der Waals surface area (Å²) in [4.78, 5) is 24.1. The molecule has 0 saturated carbocycles. The zero-order valence-corrected chi connectivity index (χ0v) is 21.2. The Balaban J connectivity index is 1.55. The molecule has 4 aromatic rings. The van der Waals surface area contributed by atoms with E-state index in [-0.39, 0.29) is 5.91 Å². The average Bonchev–Trinajstić information content (AvgIpc) is 3.43. The molecular weight excluding hydrogens is 456 g/mol. The predicted molar refractivity (Wildman–Crippen MR) is 144 cm³/mol. The monoisotopic (exact) mass is 488 g/mol. The molecular formula is C28H32N4O2S. The molecule has 2 heterocycles. The number of nitrogens with zero attached hydrogens (tertiary/aromatic N) is 3. The van der Waals surface area contributed by atoms with Gasteiger partial charge in [-0.15, -0.1) is 11.3 Å². The maximum atomic E-state index is 12.6. The Morgan fingerprint density at radius 3 is 2.69 bits per heavy atom. The van der Waals surface area contributed by atoms with Crippen molar-refractivity contribution in [1.29, 1.82) is 0 Å². The number of anilines is 1. The number of hydrogen-bond donors (Lipinski definition) is 1. The van der Waals surface area contributed by atoms with Crippen LogP contribution in [0.2, 0.25) is 0 Å². The molecule has 2 aromatic heterocycles. The van der Waals surface area contributed by atoms with Crippen LogP contribution in [0.4, 0.5) is 5.69 Å². The highest BCUT2D eigenvalue weighted by Crippen LogP contribution is 2.31. The van der Waals surface area contributed by atoms with Gasteiger partial charge < -0.3 is 10.1 Å². The quantitative estimate of drug-likeness (QED) is 0.246. The molecule has 0 aliphatic rings. The Hall–Kier alpha value is -3.29. The van der Waals surface area contributed by atoms with Crippen molar-refractivity contribution in [3.05, 3.63) is 71.2 Å². The minimum atomic E-state index is -0.241. The highest BCUT2D eigenvalue weighted by molar-refractivity contribution is 7.07. The third kappa shape index (κ3) is 6.44. The van der Waals surface area contributed by atoms with Crippen LogP contribution in [0.1, 0.15) is 43.6 Å². The van der Waals surface area contributed by atoms with Crippen LogP contribution in [0.15, 0.2) is 65.5 Å². The highest BCUT2D eigenvalue weighted by atomic mass is 32.1. The molecule has 0 unspecified atom stereocenters. The van der Waals surface area contributed by atoms with Crippen molar-refractivity contribution in [2.24, 2.45) is 0 Å². The summed E-state index contributed by atoms with van der Waals surface area (Å²) >= 11 is 1.39. The summed E-state index contributed by atoms with van der Waals surface area (Å²) in [6.45, 7) is 8.17. The fourth-order valence-corrected chi connectivity index (χ4v) is 4.56. The van der Waals surface area contributed by atoms with Gasteiger partial charge in [0.25, 0.3) is 5.91 Å². The third-order valence-electron chi connectivity index (χ3n) is 5.83. The van der Waals surface area contributed by atoms with Crippen molar-refractivity contribution >= 4 is 33.8 Å². The fourth-order valence-electron chi connectivity index (χ4n) is 4.03. The van der Waals surface area contributed by atoms with Gasteiger partial charge in [-0.2, -0.15) is 0 Å². The third-order valence-corrected chi connectivity index (χ3v) is 6.42. The summed E-state index contributed by atoms with van der Waals surface area (Å²) in [5, 5.41) is 5.65. The van der Waals surface area contributed by atoms with Crippen molar-refractivity contribution in [2.75, 3.05) is 31.6 Å². The number of amides is 1. The first-order chi connectivity index (χ1) is 17.2. The molecule has 2 aromatic carbocycles. The van der Waals surface area contributed by atoms with Gasteiger partial charge in [-0.3, -0.25) is 9.69 Å². The van der Waals surface area contributed by atoms with Gasteiger partial charge >= 0.3 is 0 Å². The molecule has 0 spiro atoms. The largest absolute Gasteiger partial charge is 0.492 e. The summed E-state index contributed by atoms with van der Waals surface area (Å²) in [5.74, 6) is 0.574. The van der Waals surface area contributed by atoms with Crippen LogP contribution in [0.3, 0.4) is 0 Å². The van der Waals surface area contributed by atoms with Gasteiger partial charge in [0, 0.05) is 22.9 Å². The number of para-hydroxylation sites is 2. The number of hydrogen-bond acceptors (Lipinski definition) is 6. The van der Waals surface area contributed by atoms with E-state index in [0.717, 1.165) is 54.0 Å². The smallest absolute Gasteiger partial charge is 0.275 e. The lowest BCUT2D eigenvalue weighted by molar-refractivity contribution is 0.102. The van der Waals surface area contributed by atoms with E-state index in [4.69, 9.17) is 9.72 Å². The second-order valence-corrected chi connectivity index (χ2v) is 9.16. The predicted octanol–water partition coefficient (Wildman–Crippen LogP) is 6.50. The van der Waals surface area contributed by atoms with Crippen LogP contribution in [-0.4, -0.2) is 47.0 Å². The Morgan fingerprint density at radius 2 is 1.89 bits per heavy atom. The minimum absolute atomic E-state index is 0.241. The van der Waals surface area contributed by atoms with Crippen molar-refractivity contribution in [3.63, 3.8) is 0 Å². The highest BCUT2D eigenvalue weighted by Gasteiger charge is 2.14. The van der Waals surface area contributed by atoms with Gasteiger partial charge in [-0.05, 0) is 50.2 Å². The van der Waals surface area contributed by atoms with Crippen LogP contribution < -0.4 is 10.1 Å². The molecule has 4 rings (SSSR count). The molecule has 0 aliphatic heterocycles. The fraction of sp³-hybridized carbons (Fsp3) is 0.321. The number of benzene rings is 2. The van der Waals surface area contributed by atoms with Crippen LogP contribution in [0.5, 0.6) is 5.75 Å². The molecule has 0 fully saturated rings. The van der Waals surface area contributed by atoms with Gasteiger partial charge in [0.2, 0.25) is 0 Å². The summed E-state index contributed by atoms with van der Waals surface area (Å²) in [6.07, 6.45) is 3.55. The summed E-state index contributed by atoms with van der Waals surface area (Å²) in [6, 6.07) is 17.8. The second kappa shape index (κ2) is 12.4. The maximum Gasteiger partial charge on any atom is 0.275 e. The normalized spacial score (nSPS) is 11.2. The van der Waals surface area contributed by atoms with Crippen molar-refractivity contribution in [2.45, 2.75) is 33.1 Å². The number of carbonyl (C=O) groups excluding carboxylic acids is 1. The maximum absolute atomic E-state index is 12.6. The van der Waals surface area contributed by atoms with Gasteiger partial charge in [-0.25, -0.2) is 9.97 Å². The van der Waals surface area contributed by atoms with Crippen LogP contribution in [-0.2, 0) is 0 Å². The van der Waals surface area contributed by atoms with E-state index in [9.17, 15) is 4.79 Å². The summed E-state index contributed by atoms with van der Waals surface area (Å²) < 4.78 is 6.25. The SMILES string of the molecule is CCCCN(CCC)CCOc1ccccc1-c1ccc2cccc(NC(=O)c3cscn3)c2n1. The van der Waals surface area contributed by atoms with E-state index in [2.05, 4.69) is 29.0 Å². The molecule has 35 heavy (non-hydrogen) atoms. The zero-order valence-electron chi connectivity index (χ0n) is 20.4. The Labute approximate surface area is 211 Å². The van der Waals surface area contributed by atoms with E-state index in [1.54, 1.807) is 10.9 Å². The Bertz CT molecular complexity index is 1240. The van der Waals surface area contributed by atoms with E-state index in [0.29, 0.717) is 18.0 Å². The molecule has 1 amide bonds. The molecule has 182 valence electrons. The molecule has 0 radical (unpaired) electrons. The minimum Gasteiger partial charge on any atom is -0.492 e. The lowest BCUT2D eigenvalue weighted by atomic mass is 10.1. The molecule has 0 atom stereocenters. The Morgan fingerprint density at radius 1 is 1.00 bits per heavy atom. The van der Waals surface area contributed by atoms with Crippen LogP contribution >= 0.6 is 11.3 Å². The van der Waals surface area contributed by atoms with Gasteiger partial charge in [0.05, 0.1) is 22.4 Å². The van der Waals surface area contributed by atoms with E-state index < -0.39 is 0 Å². The number of thiazole rings is 1. The van der Waals surface area contributed by atoms with Gasteiger partial charge in [-0.1, -0.05) is 50.6 Å². The van der Waals surface area contributed by atoms with Crippen LogP contribution in [0.25, 0.3) is 22.2 Å². The van der Waals surface area contributed by atoms with Crippen molar-refractivity contribution < 1.29 is 9.53 Å². The number of rotatable bonds is 12. The number of pyridine rings is 1. The first-order valence-corrected chi connectivity index (χ1v) is 13.2. The molecule has 0 saturated heterocycles. The van der Waals surface area contributed by atoms with Gasteiger partial charge in [0.1, 0.15) is 18.1 Å². The lowest BCUT2D eigenvalue weighted by Gasteiger charge is -2.22. The van der Waals surface area contributed by atoms with E-state index in [1.807, 2.05) is 54.6 Å². The molecule has 7 heteroatoms. The first-order valence-electron chi connectivity index (χ1n) is 12.2. The van der Waals surface area contributed by atoms with Crippen molar-refractivity contribution in [1.82, 2.24) is 14.9 Å². The van der Waals surface area contributed by atoms with E-state index in [1.165, 1.54) is 24.2 Å². The Kier molecular flexibility index (Phi) is 8.81. The number of fused-ring (bicyclic) bond motifs is 1. The number of aromatic nitrogens is 2. The van der Waals surface area contributed by atoms with Gasteiger partial charge in [0.15, 0.2) is 0 Å². The topological polar surface area (TPSA) is 67.3 Å².